The fourth-order valence-corrected chi connectivity index (χ4v) is 2.55. The zero-order chi connectivity index (χ0) is 9.26. The van der Waals surface area contributed by atoms with E-state index in [2.05, 4.69) is 6.07 Å². The van der Waals surface area contributed by atoms with Crippen LogP contribution < -0.4 is 10.6 Å². The highest BCUT2D eigenvalue weighted by atomic mass is 32.2. The smallest absolute Gasteiger partial charge is 0.130 e. The highest BCUT2D eigenvalue weighted by Crippen LogP contribution is 2.40. The maximum atomic E-state index is 8.86. The molecule has 0 aliphatic carbocycles. The van der Waals surface area contributed by atoms with Crippen molar-refractivity contribution < 1.29 is 5.11 Å². The summed E-state index contributed by atoms with van der Waals surface area (Å²) in [6, 6.07) is 8.07. The second kappa shape index (κ2) is 3.57. The predicted octanol–water partition coefficient (Wildman–Crippen LogP) is 0.833. The second-order valence-corrected chi connectivity index (χ2v) is 4.05. The first kappa shape index (κ1) is 8.87. The van der Waals surface area contributed by atoms with Crippen LogP contribution in [0.2, 0.25) is 0 Å². The number of nitrogens with two attached hydrogens (primary N) is 1. The first-order valence-corrected chi connectivity index (χ1v) is 5.09. The zero-order valence-electron chi connectivity index (χ0n) is 7.18. The lowest BCUT2D eigenvalue weighted by atomic mass is 10.3. The number of aliphatic hydroxyl groups excluding tert-OH is 1. The van der Waals surface area contributed by atoms with Crippen LogP contribution in [0.3, 0.4) is 0 Å². The molecule has 1 aliphatic heterocycles. The van der Waals surface area contributed by atoms with Crippen molar-refractivity contribution in [3.05, 3.63) is 24.3 Å². The molecule has 4 heteroatoms. The summed E-state index contributed by atoms with van der Waals surface area (Å²) in [5, 5.41) is 8.86. The minimum Gasteiger partial charge on any atom is -0.395 e. The zero-order valence-corrected chi connectivity index (χ0v) is 8.00. The minimum atomic E-state index is -0.0513. The van der Waals surface area contributed by atoms with Gasteiger partial charge in [0.25, 0.3) is 0 Å². The first-order chi connectivity index (χ1) is 6.33. The third kappa shape index (κ3) is 1.52. The largest absolute Gasteiger partial charge is 0.395 e. The molecule has 0 saturated heterocycles. The number of anilines is 1. The molecule has 2 rings (SSSR count). The number of para-hydroxylation sites is 1. The van der Waals surface area contributed by atoms with E-state index in [9.17, 15) is 0 Å². The van der Waals surface area contributed by atoms with Crippen LogP contribution in [-0.4, -0.2) is 23.8 Å². The van der Waals surface area contributed by atoms with Crippen molar-refractivity contribution in [1.29, 1.82) is 0 Å². The molecule has 1 unspecified atom stereocenters. The molecule has 1 aliphatic rings. The van der Waals surface area contributed by atoms with E-state index in [1.807, 2.05) is 23.1 Å². The molecular formula is C9H12N2OS. The number of hydrogen-bond acceptors (Lipinski definition) is 4. The van der Waals surface area contributed by atoms with Gasteiger partial charge in [0.1, 0.15) is 5.50 Å². The van der Waals surface area contributed by atoms with Gasteiger partial charge in [0.05, 0.1) is 12.3 Å². The van der Waals surface area contributed by atoms with Crippen molar-refractivity contribution >= 4 is 17.4 Å². The topological polar surface area (TPSA) is 49.5 Å². The Kier molecular flexibility index (Phi) is 2.44. The number of fused-ring (bicyclic) bond motifs is 1. The van der Waals surface area contributed by atoms with Gasteiger partial charge < -0.3 is 15.7 Å². The van der Waals surface area contributed by atoms with Crippen LogP contribution in [0, 0.1) is 0 Å². The Bertz CT molecular complexity index is 305. The molecule has 1 heterocycles. The Hall–Kier alpha value is -0.710. The van der Waals surface area contributed by atoms with Gasteiger partial charge in [-0.05, 0) is 12.1 Å². The van der Waals surface area contributed by atoms with E-state index in [1.165, 1.54) is 4.90 Å². The number of hydrogen-bond donors (Lipinski definition) is 2. The summed E-state index contributed by atoms with van der Waals surface area (Å²) in [4.78, 5) is 3.21. The van der Waals surface area contributed by atoms with Crippen LogP contribution in [0.4, 0.5) is 5.69 Å². The molecule has 1 atom stereocenters. The molecule has 0 saturated carbocycles. The lowest BCUT2D eigenvalue weighted by Crippen LogP contribution is -2.38. The van der Waals surface area contributed by atoms with Gasteiger partial charge in [0, 0.05) is 11.4 Å². The van der Waals surface area contributed by atoms with Gasteiger partial charge in [-0.15, -0.1) is 0 Å². The standard InChI is InChI=1S/C9H12N2OS/c10-9-11(5-6-12)7-3-1-2-4-8(7)13-9/h1-4,9,12H,5-6,10H2. The van der Waals surface area contributed by atoms with Crippen LogP contribution in [0.1, 0.15) is 0 Å². The molecule has 1 aromatic rings. The van der Waals surface area contributed by atoms with Crippen molar-refractivity contribution in [3.63, 3.8) is 0 Å². The van der Waals surface area contributed by atoms with E-state index < -0.39 is 0 Å². The van der Waals surface area contributed by atoms with Crippen LogP contribution in [0.25, 0.3) is 0 Å². The Morgan fingerprint density at radius 3 is 3.00 bits per heavy atom. The highest BCUT2D eigenvalue weighted by molar-refractivity contribution is 8.00. The van der Waals surface area contributed by atoms with E-state index in [0.29, 0.717) is 6.54 Å². The Labute approximate surface area is 81.5 Å². The van der Waals surface area contributed by atoms with E-state index in [-0.39, 0.29) is 12.1 Å². The lowest BCUT2D eigenvalue weighted by molar-refractivity contribution is 0.301. The Morgan fingerprint density at radius 1 is 1.46 bits per heavy atom. The molecule has 0 spiro atoms. The number of aliphatic hydroxyl groups is 1. The fraction of sp³-hybridized carbons (Fsp3) is 0.333. The number of rotatable bonds is 2. The first-order valence-electron chi connectivity index (χ1n) is 4.21. The van der Waals surface area contributed by atoms with Crippen molar-refractivity contribution in [2.45, 2.75) is 10.4 Å². The average Bonchev–Trinajstić information content (AvgIpc) is 2.44. The second-order valence-electron chi connectivity index (χ2n) is 2.89. The quantitative estimate of drug-likeness (QED) is 0.735. The van der Waals surface area contributed by atoms with E-state index in [4.69, 9.17) is 10.8 Å². The van der Waals surface area contributed by atoms with Crippen LogP contribution >= 0.6 is 11.8 Å². The van der Waals surface area contributed by atoms with Crippen LogP contribution in [-0.2, 0) is 0 Å². The van der Waals surface area contributed by atoms with Crippen molar-refractivity contribution in [2.75, 3.05) is 18.1 Å². The predicted molar refractivity (Wildman–Crippen MR) is 54.7 cm³/mol. The van der Waals surface area contributed by atoms with Crippen LogP contribution in [0.5, 0.6) is 0 Å². The van der Waals surface area contributed by atoms with Gasteiger partial charge in [0.15, 0.2) is 0 Å². The van der Waals surface area contributed by atoms with Crippen molar-refractivity contribution in [2.24, 2.45) is 5.73 Å². The molecule has 0 amide bonds. The minimum absolute atomic E-state index is 0.0513. The molecule has 70 valence electrons. The molecular weight excluding hydrogens is 184 g/mol. The summed E-state index contributed by atoms with van der Waals surface area (Å²) in [5.41, 5.74) is 6.98. The van der Waals surface area contributed by atoms with Gasteiger partial charge in [0.2, 0.25) is 0 Å². The summed E-state index contributed by atoms with van der Waals surface area (Å²) >= 11 is 1.63. The third-order valence-corrected chi connectivity index (χ3v) is 3.17. The van der Waals surface area contributed by atoms with Crippen molar-refractivity contribution in [3.8, 4) is 0 Å². The lowest BCUT2D eigenvalue weighted by Gasteiger charge is -2.21. The van der Waals surface area contributed by atoms with Gasteiger partial charge in [-0.3, -0.25) is 0 Å². The van der Waals surface area contributed by atoms with Gasteiger partial charge in [-0.2, -0.15) is 0 Å². The molecule has 0 fully saturated rings. The molecule has 3 N–H and O–H groups in total. The van der Waals surface area contributed by atoms with Gasteiger partial charge in [-0.25, -0.2) is 0 Å². The Balaban J connectivity index is 2.29. The van der Waals surface area contributed by atoms with E-state index >= 15 is 0 Å². The average molecular weight is 196 g/mol. The molecule has 0 aromatic heterocycles. The molecule has 0 bridgehead atoms. The normalized spacial score (nSPS) is 20.5. The summed E-state index contributed by atoms with van der Waals surface area (Å²) in [5.74, 6) is 0. The van der Waals surface area contributed by atoms with Gasteiger partial charge in [-0.1, -0.05) is 23.9 Å². The van der Waals surface area contributed by atoms with E-state index in [1.54, 1.807) is 11.8 Å². The highest BCUT2D eigenvalue weighted by Gasteiger charge is 2.25. The number of nitrogens with zero attached hydrogens (tertiary/aromatic N) is 1. The summed E-state index contributed by atoms with van der Waals surface area (Å²) in [6.07, 6.45) is 0. The fourth-order valence-electron chi connectivity index (χ4n) is 1.48. The van der Waals surface area contributed by atoms with E-state index in [0.717, 1.165) is 5.69 Å². The summed E-state index contributed by atoms with van der Waals surface area (Å²) < 4.78 is 0. The van der Waals surface area contributed by atoms with Gasteiger partial charge >= 0.3 is 0 Å². The van der Waals surface area contributed by atoms with Crippen molar-refractivity contribution in [1.82, 2.24) is 0 Å². The summed E-state index contributed by atoms with van der Waals surface area (Å²) in [6.45, 7) is 0.744. The monoisotopic (exact) mass is 196 g/mol. The summed E-state index contributed by atoms with van der Waals surface area (Å²) in [7, 11) is 0. The number of benzene rings is 1. The molecule has 1 aromatic carbocycles. The maximum absolute atomic E-state index is 8.86. The van der Waals surface area contributed by atoms with Crippen LogP contribution in [0.15, 0.2) is 29.2 Å². The number of β-amino-alcohol motifs (C(OH)–C–C–N with tert-alkyl or cyclic N) is 1. The number of thioether (sulfide) groups is 1. The molecule has 3 nitrogen and oxygen atoms in total. The molecule has 0 radical (unpaired) electrons. The third-order valence-electron chi connectivity index (χ3n) is 2.07. The Morgan fingerprint density at radius 2 is 2.23 bits per heavy atom. The SMILES string of the molecule is NC1Sc2ccccc2N1CCO. The maximum Gasteiger partial charge on any atom is 0.130 e. The molecule has 13 heavy (non-hydrogen) atoms.